The van der Waals surface area contributed by atoms with Crippen LogP contribution in [0.4, 0.5) is 5.69 Å². The van der Waals surface area contributed by atoms with Crippen LogP contribution in [0.3, 0.4) is 0 Å². The molecule has 0 heterocycles. The zero-order valence-electron chi connectivity index (χ0n) is 10.9. The molecule has 0 radical (unpaired) electrons. The quantitative estimate of drug-likeness (QED) is 0.631. The first kappa shape index (κ1) is 14.6. The Morgan fingerprint density at radius 2 is 2.00 bits per heavy atom. The van der Waals surface area contributed by atoms with E-state index in [1.165, 1.54) is 31.4 Å². The molecule has 0 aliphatic heterocycles. The van der Waals surface area contributed by atoms with Crippen molar-refractivity contribution >= 4 is 17.3 Å². The van der Waals surface area contributed by atoms with Crippen molar-refractivity contribution in [1.29, 1.82) is 5.26 Å². The summed E-state index contributed by atoms with van der Waals surface area (Å²) in [6, 6.07) is 10.5. The first-order valence-electron chi connectivity index (χ1n) is 5.75. The van der Waals surface area contributed by atoms with E-state index in [9.17, 15) is 10.1 Å². The van der Waals surface area contributed by atoms with Crippen LogP contribution in [0.25, 0.3) is 0 Å². The maximum absolute atomic E-state index is 10.7. The molecular weight excluding hydrogens is 296 g/mol. The molecule has 0 aliphatic rings. The molecule has 0 amide bonds. The summed E-state index contributed by atoms with van der Waals surface area (Å²) in [5, 5.41) is 19.8. The van der Waals surface area contributed by atoms with Gasteiger partial charge in [0.05, 0.1) is 22.6 Å². The molecule has 0 fully saturated rings. The maximum Gasteiger partial charge on any atom is 0.271 e. The number of benzene rings is 2. The number of methoxy groups -OCH3 is 1. The molecule has 0 atom stereocenters. The zero-order chi connectivity index (χ0) is 15.4. The third kappa shape index (κ3) is 3.22. The van der Waals surface area contributed by atoms with Gasteiger partial charge in [-0.15, -0.1) is 0 Å². The van der Waals surface area contributed by atoms with Gasteiger partial charge in [-0.2, -0.15) is 5.26 Å². The number of hydrogen-bond acceptors (Lipinski definition) is 5. The number of nitriles is 1. The molecule has 0 bridgehead atoms. The third-order valence-corrected chi connectivity index (χ3v) is 2.95. The normalized spacial score (nSPS) is 9.76. The number of ether oxygens (including phenoxy) is 2. The lowest BCUT2D eigenvalue weighted by molar-refractivity contribution is -0.384. The Labute approximate surface area is 125 Å². The van der Waals surface area contributed by atoms with Crippen molar-refractivity contribution in [2.45, 2.75) is 0 Å². The molecule has 2 rings (SSSR count). The lowest BCUT2D eigenvalue weighted by Gasteiger charge is -2.10. The summed E-state index contributed by atoms with van der Waals surface area (Å²) in [4.78, 5) is 10.1. The molecule has 7 heteroatoms. The van der Waals surface area contributed by atoms with Gasteiger partial charge >= 0.3 is 0 Å². The standard InChI is InChI=1S/C14H9ClN2O4/c1-20-11-4-2-9(8-16)14(7-11)21-13-5-3-10(17(18)19)6-12(13)15/h2-7H,1H3. The second kappa shape index (κ2) is 6.11. The van der Waals surface area contributed by atoms with Gasteiger partial charge in [-0.3, -0.25) is 10.1 Å². The van der Waals surface area contributed by atoms with Gasteiger partial charge in [0.2, 0.25) is 0 Å². The molecule has 0 spiro atoms. The molecule has 2 aromatic carbocycles. The van der Waals surface area contributed by atoms with Gasteiger partial charge in [0.1, 0.15) is 23.3 Å². The number of rotatable bonds is 4. The van der Waals surface area contributed by atoms with Gasteiger partial charge in [-0.05, 0) is 18.2 Å². The van der Waals surface area contributed by atoms with Crippen LogP contribution in [0.2, 0.25) is 5.02 Å². The number of hydrogen-bond donors (Lipinski definition) is 0. The molecule has 106 valence electrons. The van der Waals surface area contributed by atoms with E-state index >= 15 is 0 Å². The minimum Gasteiger partial charge on any atom is -0.497 e. The summed E-state index contributed by atoms with van der Waals surface area (Å²) in [7, 11) is 1.49. The number of non-ortho nitro benzene ring substituents is 1. The van der Waals surface area contributed by atoms with Crippen molar-refractivity contribution in [1.82, 2.24) is 0 Å². The Balaban J connectivity index is 2.38. The summed E-state index contributed by atoms with van der Waals surface area (Å²) in [5.74, 6) is 0.988. The van der Waals surface area contributed by atoms with Crippen LogP contribution in [0, 0.1) is 21.4 Å². The average molecular weight is 305 g/mol. The van der Waals surface area contributed by atoms with Crippen molar-refractivity contribution in [3.63, 3.8) is 0 Å². The number of nitrogens with zero attached hydrogens (tertiary/aromatic N) is 2. The van der Waals surface area contributed by atoms with E-state index < -0.39 is 4.92 Å². The van der Waals surface area contributed by atoms with E-state index in [1.54, 1.807) is 12.1 Å². The summed E-state index contributed by atoms with van der Waals surface area (Å²) in [6.45, 7) is 0. The number of halogens is 1. The van der Waals surface area contributed by atoms with E-state index in [1.807, 2.05) is 6.07 Å². The summed E-state index contributed by atoms with van der Waals surface area (Å²) in [5.41, 5.74) is 0.156. The topological polar surface area (TPSA) is 85.4 Å². The second-order valence-corrected chi connectivity index (χ2v) is 4.35. The molecule has 0 aliphatic carbocycles. The molecule has 0 N–H and O–H groups in total. The van der Waals surface area contributed by atoms with Crippen molar-refractivity contribution < 1.29 is 14.4 Å². The monoisotopic (exact) mass is 304 g/mol. The second-order valence-electron chi connectivity index (χ2n) is 3.95. The highest BCUT2D eigenvalue weighted by Gasteiger charge is 2.13. The van der Waals surface area contributed by atoms with Gasteiger partial charge in [-0.1, -0.05) is 11.6 Å². The SMILES string of the molecule is COc1ccc(C#N)c(Oc2ccc([N+](=O)[O-])cc2Cl)c1. The Kier molecular flexibility index (Phi) is 4.26. The van der Waals surface area contributed by atoms with Crippen LogP contribution in [0.15, 0.2) is 36.4 Å². The Morgan fingerprint density at radius 1 is 1.24 bits per heavy atom. The third-order valence-electron chi connectivity index (χ3n) is 2.66. The molecule has 0 aromatic heterocycles. The molecule has 2 aromatic rings. The molecular formula is C14H9ClN2O4. The lowest BCUT2D eigenvalue weighted by Crippen LogP contribution is -1.93. The predicted octanol–water partition coefficient (Wildman–Crippen LogP) is 3.92. The van der Waals surface area contributed by atoms with E-state index in [-0.39, 0.29) is 22.2 Å². The van der Waals surface area contributed by atoms with Gasteiger partial charge in [-0.25, -0.2) is 0 Å². The molecule has 0 saturated heterocycles. The first-order valence-corrected chi connectivity index (χ1v) is 6.13. The molecule has 0 unspecified atom stereocenters. The number of nitro groups is 1. The van der Waals surface area contributed by atoms with Crippen LogP contribution in [0.1, 0.15) is 5.56 Å². The lowest BCUT2D eigenvalue weighted by atomic mass is 10.2. The van der Waals surface area contributed by atoms with Crippen molar-refractivity contribution in [2.75, 3.05) is 7.11 Å². The fraction of sp³-hybridized carbons (Fsp3) is 0.0714. The Hall–Kier alpha value is -2.78. The highest BCUT2D eigenvalue weighted by atomic mass is 35.5. The minimum atomic E-state index is -0.554. The van der Waals surface area contributed by atoms with Crippen LogP contribution in [0.5, 0.6) is 17.2 Å². The number of nitro benzene ring substituents is 1. The first-order chi connectivity index (χ1) is 10.0. The zero-order valence-corrected chi connectivity index (χ0v) is 11.6. The summed E-state index contributed by atoms with van der Waals surface area (Å²) in [6.07, 6.45) is 0. The molecule has 6 nitrogen and oxygen atoms in total. The van der Waals surface area contributed by atoms with Crippen LogP contribution in [-0.2, 0) is 0 Å². The van der Waals surface area contributed by atoms with Crippen molar-refractivity contribution in [3.05, 3.63) is 57.1 Å². The van der Waals surface area contributed by atoms with E-state index in [0.717, 1.165) is 0 Å². The predicted molar refractivity (Wildman–Crippen MR) is 75.9 cm³/mol. The summed E-state index contributed by atoms with van der Waals surface area (Å²) >= 11 is 5.95. The smallest absolute Gasteiger partial charge is 0.271 e. The van der Waals surface area contributed by atoms with Gasteiger partial charge < -0.3 is 9.47 Å². The fourth-order valence-corrected chi connectivity index (χ4v) is 1.82. The summed E-state index contributed by atoms with van der Waals surface area (Å²) < 4.78 is 10.6. The Morgan fingerprint density at radius 3 is 2.57 bits per heavy atom. The van der Waals surface area contributed by atoms with Crippen molar-refractivity contribution in [3.8, 4) is 23.3 Å². The highest BCUT2D eigenvalue weighted by molar-refractivity contribution is 6.32. The largest absolute Gasteiger partial charge is 0.497 e. The van der Waals surface area contributed by atoms with E-state index in [2.05, 4.69) is 0 Å². The van der Waals surface area contributed by atoms with Crippen LogP contribution < -0.4 is 9.47 Å². The van der Waals surface area contributed by atoms with Gasteiger partial charge in [0.15, 0.2) is 0 Å². The molecule has 21 heavy (non-hydrogen) atoms. The molecule has 0 saturated carbocycles. The average Bonchev–Trinajstić information content (AvgIpc) is 2.49. The van der Waals surface area contributed by atoms with E-state index in [0.29, 0.717) is 11.3 Å². The fourth-order valence-electron chi connectivity index (χ4n) is 1.61. The minimum absolute atomic E-state index is 0.0795. The maximum atomic E-state index is 10.7. The highest BCUT2D eigenvalue weighted by Crippen LogP contribution is 2.35. The van der Waals surface area contributed by atoms with Gasteiger partial charge in [0, 0.05) is 18.2 Å². The van der Waals surface area contributed by atoms with Crippen LogP contribution >= 0.6 is 11.6 Å². The van der Waals surface area contributed by atoms with Gasteiger partial charge in [0.25, 0.3) is 5.69 Å². The van der Waals surface area contributed by atoms with E-state index in [4.69, 9.17) is 26.3 Å². The van der Waals surface area contributed by atoms with Crippen molar-refractivity contribution in [2.24, 2.45) is 0 Å². The van der Waals surface area contributed by atoms with Crippen LogP contribution in [-0.4, -0.2) is 12.0 Å². The Bertz CT molecular complexity index is 740.